The minimum absolute atomic E-state index is 0.0264. The molecule has 8 heteroatoms. The third-order valence-electron chi connectivity index (χ3n) is 3.28. The molecule has 0 saturated heterocycles. The first-order valence-electron chi connectivity index (χ1n) is 6.92. The highest BCUT2D eigenvalue weighted by Crippen LogP contribution is 2.29. The van der Waals surface area contributed by atoms with Gasteiger partial charge in [0.15, 0.2) is 0 Å². The van der Waals surface area contributed by atoms with Gasteiger partial charge >= 0.3 is 6.18 Å². The zero-order valence-electron chi connectivity index (χ0n) is 12.3. The maximum Gasteiger partial charge on any atom is 0.416 e. The predicted octanol–water partition coefficient (Wildman–Crippen LogP) is 3.47. The fourth-order valence-corrected chi connectivity index (χ4v) is 2.00. The summed E-state index contributed by atoms with van der Waals surface area (Å²) in [5, 5.41) is 13.1. The number of hydrogen-bond acceptors (Lipinski definition) is 3. The largest absolute Gasteiger partial charge is 0.416 e. The maximum atomic E-state index is 12.4. The quantitative estimate of drug-likeness (QED) is 0.670. The summed E-state index contributed by atoms with van der Waals surface area (Å²) < 4.78 is 37.3. The standard InChI is InChI=1S/C16H13F3N2O3/c17-16(18,19)13-5-1-12(2-6-13)10-20-15(22)9-11-3-7-14(8-4-11)21(23)24/h1-8H,9-10H2,(H,20,22). The average Bonchev–Trinajstić information content (AvgIpc) is 2.53. The van der Waals surface area contributed by atoms with Gasteiger partial charge < -0.3 is 5.32 Å². The molecule has 1 N–H and O–H groups in total. The molecule has 1 amide bonds. The van der Waals surface area contributed by atoms with E-state index in [9.17, 15) is 28.1 Å². The lowest BCUT2D eigenvalue weighted by Crippen LogP contribution is -2.24. The Morgan fingerprint density at radius 2 is 1.54 bits per heavy atom. The van der Waals surface area contributed by atoms with Crippen molar-refractivity contribution in [3.8, 4) is 0 Å². The number of nitro groups is 1. The zero-order chi connectivity index (χ0) is 17.7. The van der Waals surface area contributed by atoms with Gasteiger partial charge in [0.1, 0.15) is 0 Å². The van der Waals surface area contributed by atoms with Crippen LogP contribution in [0.5, 0.6) is 0 Å². The predicted molar refractivity (Wildman–Crippen MR) is 80.1 cm³/mol. The summed E-state index contributed by atoms with van der Waals surface area (Å²) in [6, 6.07) is 10.1. The Hall–Kier alpha value is -2.90. The van der Waals surface area contributed by atoms with E-state index in [-0.39, 0.29) is 24.6 Å². The van der Waals surface area contributed by atoms with Crippen molar-refractivity contribution in [1.29, 1.82) is 0 Å². The molecule has 2 rings (SSSR count). The van der Waals surface area contributed by atoms with Gasteiger partial charge in [0.2, 0.25) is 5.91 Å². The minimum Gasteiger partial charge on any atom is -0.352 e. The number of benzene rings is 2. The number of amides is 1. The molecule has 0 fully saturated rings. The van der Waals surface area contributed by atoms with Gasteiger partial charge in [-0.1, -0.05) is 24.3 Å². The molecule has 0 bridgehead atoms. The summed E-state index contributed by atoms with van der Waals surface area (Å²) in [5.74, 6) is -0.330. The van der Waals surface area contributed by atoms with Crippen LogP contribution < -0.4 is 5.32 Å². The second kappa shape index (κ2) is 7.12. The summed E-state index contributed by atoms with van der Waals surface area (Å²) in [6.45, 7) is 0.101. The highest BCUT2D eigenvalue weighted by molar-refractivity contribution is 5.78. The third-order valence-corrected chi connectivity index (χ3v) is 3.28. The van der Waals surface area contributed by atoms with Gasteiger partial charge in [-0.05, 0) is 23.3 Å². The smallest absolute Gasteiger partial charge is 0.352 e. The van der Waals surface area contributed by atoms with E-state index in [1.807, 2.05) is 0 Å². The van der Waals surface area contributed by atoms with Crippen LogP contribution in [-0.2, 0) is 23.9 Å². The van der Waals surface area contributed by atoms with Crippen molar-refractivity contribution in [3.63, 3.8) is 0 Å². The van der Waals surface area contributed by atoms with Crippen LogP contribution in [0.15, 0.2) is 48.5 Å². The summed E-state index contributed by atoms with van der Waals surface area (Å²) in [6.07, 6.45) is -4.36. The van der Waals surface area contributed by atoms with Gasteiger partial charge in [-0.3, -0.25) is 14.9 Å². The van der Waals surface area contributed by atoms with Crippen LogP contribution in [0.2, 0.25) is 0 Å². The Kier molecular flexibility index (Phi) is 5.18. The van der Waals surface area contributed by atoms with Crippen LogP contribution in [0.25, 0.3) is 0 Å². The van der Waals surface area contributed by atoms with E-state index in [1.165, 1.54) is 36.4 Å². The van der Waals surface area contributed by atoms with E-state index in [0.717, 1.165) is 12.1 Å². The molecule has 0 saturated carbocycles. The normalized spacial score (nSPS) is 11.1. The highest BCUT2D eigenvalue weighted by Gasteiger charge is 2.29. The van der Waals surface area contributed by atoms with Crippen LogP contribution in [-0.4, -0.2) is 10.8 Å². The van der Waals surface area contributed by atoms with Crippen molar-refractivity contribution in [2.24, 2.45) is 0 Å². The molecule has 24 heavy (non-hydrogen) atoms. The Labute approximate surface area is 135 Å². The summed E-state index contributed by atoms with van der Waals surface area (Å²) in [5.41, 5.74) is 0.331. The van der Waals surface area contributed by atoms with Gasteiger partial charge in [-0.2, -0.15) is 13.2 Å². The summed E-state index contributed by atoms with van der Waals surface area (Å²) in [7, 11) is 0. The number of non-ortho nitro benzene ring substituents is 1. The van der Waals surface area contributed by atoms with Crippen molar-refractivity contribution in [3.05, 3.63) is 75.3 Å². The van der Waals surface area contributed by atoms with Crippen molar-refractivity contribution in [1.82, 2.24) is 5.32 Å². The number of alkyl halides is 3. The van der Waals surface area contributed by atoms with Crippen LogP contribution in [0.1, 0.15) is 16.7 Å². The van der Waals surface area contributed by atoms with Gasteiger partial charge in [0.05, 0.1) is 16.9 Å². The molecular weight excluding hydrogens is 325 g/mol. The number of halogens is 3. The average molecular weight is 338 g/mol. The first kappa shape index (κ1) is 17.5. The van der Waals surface area contributed by atoms with E-state index in [2.05, 4.69) is 5.32 Å². The molecule has 0 atom stereocenters. The molecule has 5 nitrogen and oxygen atoms in total. The first-order valence-corrected chi connectivity index (χ1v) is 6.92. The molecule has 0 aliphatic carbocycles. The number of rotatable bonds is 5. The number of nitrogens with one attached hydrogen (secondary N) is 1. The molecule has 0 aliphatic rings. The van der Waals surface area contributed by atoms with Crippen molar-refractivity contribution < 1.29 is 22.9 Å². The minimum atomic E-state index is -4.39. The molecule has 2 aromatic carbocycles. The topological polar surface area (TPSA) is 72.2 Å². The Morgan fingerprint density at radius 1 is 1.00 bits per heavy atom. The zero-order valence-corrected chi connectivity index (χ0v) is 12.3. The van der Waals surface area contributed by atoms with E-state index < -0.39 is 16.7 Å². The molecular formula is C16H13F3N2O3. The van der Waals surface area contributed by atoms with Gasteiger partial charge in [-0.25, -0.2) is 0 Å². The van der Waals surface area contributed by atoms with Gasteiger partial charge in [0, 0.05) is 18.7 Å². The molecule has 0 spiro atoms. The molecule has 0 aromatic heterocycles. The van der Waals surface area contributed by atoms with Crippen molar-refractivity contribution in [2.45, 2.75) is 19.1 Å². The Morgan fingerprint density at radius 3 is 2.04 bits per heavy atom. The fraction of sp³-hybridized carbons (Fsp3) is 0.188. The lowest BCUT2D eigenvalue weighted by molar-refractivity contribution is -0.384. The van der Waals surface area contributed by atoms with Crippen molar-refractivity contribution >= 4 is 11.6 Å². The summed E-state index contributed by atoms with van der Waals surface area (Å²) >= 11 is 0. The molecule has 0 radical (unpaired) electrons. The second-order valence-electron chi connectivity index (χ2n) is 5.07. The van der Waals surface area contributed by atoms with Gasteiger partial charge in [-0.15, -0.1) is 0 Å². The van der Waals surface area contributed by atoms with Crippen LogP contribution in [0, 0.1) is 10.1 Å². The van der Waals surface area contributed by atoms with Crippen LogP contribution in [0.4, 0.5) is 18.9 Å². The lowest BCUT2D eigenvalue weighted by atomic mass is 10.1. The number of carbonyl (C=O) groups is 1. The van der Waals surface area contributed by atoms with E-state index in [1.54, 1.807) is 0 Å². The maximum absolute atomic E-state index is 12.4. The molecule has 0 aliphatic heterocycles. The molecule has 0 heterocycles. The SMILES string of the molecule is O=C(Cc1ccc([N+](=O)[O-])cc1)NCc1ccc(C(F)(F)F)cc1. The van der Waals surface area contributed by atoms with Gasteiger partial charge in [0.25, 0.3) is 5.69 Å². The third kappa shape index (κ3) is 4.80. The van der Waals surface area contributed by atoms with Crippen LogP contribution in [0.3, 0.4) is 0 Å². The summed E-state index contributed by atoms with van der Waals surface area (Å²) in [4.78, 5) is 21.8. The number of nitrogens with zero attached hydrogens (tertiary/aromatic N) is 1. The number of hydrogen-bond donors (Lipinski definition) is 1. The second-order valence-corrected chi connectivity index (χ2v) is 5.07. The molecule has 2 aromatic rings. The Balaban J connectivity index is 1.87. The van der Waals surface area contributed by atoms with E-state index in [0.29, 0.717) is 11.1 Å². The molecule has 0 unspecified atom stereocenters. The van der Waals surface area contributed by atoms with E-state index in [4.69, 9.17) is 0 Å². The fourth-order valence-electron chi connectivity index (χ4n) is 2.00. The first-order chi connectivity index (χ1) is 11.3. The Bertz CT molecular complexity index is 726. The van der Waals surface area contributed by atoms with Crippen LogP contribution >= 0.6 is 0 Å². The monoisotopic (exact) mass is 338 g/mol. The number of carbonyl (C=O) groups excluding carboxylic acids is 1. The van der Waals surface area contributed by atoms with Crippen molar-refractivity contribution in [2.75, 3.05) is 0 Å². The lowest BCUT2D eigenvalue weighted by Gasteiger charge is -2.08. The highest BCUT2D eigenvalue weighted by atomic mass is 19.4. The molecule has 126 valence electrons. The van der Waals surface area contributed by atoms with E-state index >= 15 is 0 Å². The number of nitro benzene ring substituents is 1.